The molecular formula is C18H26ClNO2. The summed E-state index contributed by atoms with van der Waals surface area (Å²) < 4.78 is 5.73. The number of rotatable bonds is 4. The molecule has 1 amide bonds. The van der Waals surface area contributed by atoms with E-state index in [0.29, 0.717) is 13.0 Å². The summed E-state index contributed by atoms with van der Waals surface area (Å²) in [7, 11) is 1.71. The summed E-state index contributed by atoms with van der Waals surface area (Å²) in [6.45, 7) is 9.37. The molecule has 22 heavy (non-hydrogen) atoms. The molecule has 0 aromatic heterocycles. The molecule has 1 N–H and O–H groups in total. The van der Waals surface area contributed by atoms with Gasteiger partial charge < -0.3 is 10.1 Å². The van der Waals surface area contributed by atoms with Crippen LogP contribution in [0.5, 0.6) is 5.75 Å². The Morgan fingerprint density at radius 3 is 2.59 bits per heavy atom. The van der Waals surface area contributed by atoms with Gasteiger partial charge in [-0.3, -0.25) is 4.79 Å². The summed E-state index contributed by atoms with van der Waals surface area (Å²) >= 11 is 6.45. The molecular weight excluding hydrogens is 298 g/mol. The smallest absolute Gasteiger partial charge is 0.220 e. The zero-order valence-electron chi connectivity index (χ0n) is 14.2. The third kappa shape index (κ3) is 3.75. The summed E-state index contributed by atoms with van der Waals surface area (Å²) in [5.41, 5.74) is 3.52. The molecule has 0 radical (unpaired) electrons. The molecule has 1 aromatic rings. The highest BCUT2D eigenvalue weighted by molar-refractivity contribution is 6.31. The molecule has 4 heteroatoms. The number of halogens is 1. The molecule has 2 rings (SSSR count). The van der Waals surface area contributed by atoms with Gasteiger partial charge in [-0.2, -0.15) is 0 Å². The van der Waals surface area contributed by atoms with Crippen molar-refractivity contribution in [2.24, 2.45) is 5.41 Å². The number of benzene rings is 1. The first-order valence-corrected chi connectivity index (χ1v) is 8.23. The minimum Gasteiger partial charge on any atom is -0.496 e. The molecule has 1 unspecified atom stereocenters. The van der Waals surface area contributed by atoms with E-state index in [2.05, 4.69) is 26.1 Å². The van der Waals surface area contributed by atoms with Gasteiger partial charge in [0.2, 0.25) is 5.91 Å². The van der Waals surface area contributed by atoms with Gasteiger partial charge >= 0.3 is 0 Å². The van der Waals surface area contributed by atoms with Gasteiger partial charge in [0.05, 0.1) is 7.11 Å². The standard InChI is InChI=1S/C18H26ClNO2/c1-11-14(19)8-12(6-7-18(2,3)4)17(22-5)16(11)13-9-15(21)20-10-13/h8,13H,6-7,9-10H2,1-5H3,(H,20,21). The fraction of sp³-hybridized carbons (Fsp3) is 0.611. The van der Waals surface area contributed by atoms with Gasteiger partial charge in [-0.05, 0) is 42.4 Å². The topological polar surface area (TPSA) is 38.3 Å². The summed E-state index contributed by atoms with van der Waals surface area (Å²) in [6.07, 6.45) is 2.49. The number of carbonyl (C=O) groups is 1. The van der Waals surface area contributed by atoms with E-state index in [1.54, 1.807) is 7.11 Å². The summed E-state index contributed by atoms with van der Waals surface area (Å²) in [4.78, 5) is 11.6. The van der Waals surface area contributed by atoms with Crippen molar-refractivity contribution in [1.29, 1.82) is 0 Å². The summed E-state index contributed by atoms with van der Waals surface area (Å²) in [5, 5.41) is 3.67. The zero-order valence-corrected chi connectivity index (χ0v) is 14.9. The quantitative estimate of drug-likeness (QED) is 0.900. The summed E-state index contributed by atoms with van der Waals surface area (Å²) in [5.74, 6) is 1.16. The number of methoxy groups -OCH3 is 1. The molecule has 122 valence electrons. The van der Waals surface area contributed by atoms with Crippen LogP contribution in [0.2, 0.25) is 5.02 Å². The highest BCUT2D eigenvalue weighted by Crippen LogP contribution is 2.41. The molecule has 0 spiro atoms. The highest BCUT2D eigenvalue weighted by atomic mass is 35.5. The second-order valence-corrected chi connectivity index (χ2v) is 7.76. The lowest BCUT2D eigenvalue weighted by atomic mass is 9.85. The van der Waals surface area contributed by atoms with Gasteiger partial charge in [0.1, 0.15) is 5.75 Å². The first-order chi connectivity index (χ1) is 10.2. The van der Waals surface area contributed by atoms with Crippen LogP contribution < -0.4 is 10.1 Å². The molecule has 0 aliphatic carbocycles. The first-order valence-electron chi connectivity index (χ1n) is 7.85. The first kappa shape index (κ1) is 17.1. The number of hydrogen-bond acceptors (Lipinski definition) is 2. The van der Waals surface area contributed by atoms with Crippen LogP contribution in [0, 0.1) is 12.3 Å². The average molecular weight is 324 g/mol. The number of amides is 1. The van der Waals surface area contributed by atoms with Crippen LogP contribution >= 0.6 is 11.6 Å². The number of nitrogens with one attached hydrogen (secondary N) is 1. The van der Waals surface area contributed by atoms with E-state index in [9.17, 15) is 4.79 Å². The van der Waals surface area contributed by atoms with Crippen molar-refractivity contribution in [1.82, 2.24) is 5.32 Å². The SMILES string of the molecule is COc1c(CCC(C)(C)C)cc(Cl)c(C)c1C1CNC(=O)C1. The molecule has 1 aliphatic heterocycles. The zero-order chi connectivity index (χ0) is 16.5. The maximum atomic E-state index is 11.6. The van der Waals surface area contributed by atoms with Gasteiger partial charge in [0, 0.05) is 29.5 Å². The largest absolute Gasteiger partial charge is 0.496 e. The van der Waals surface area contributed by atoms with Crippen LogP contribution in [0.25, 0.3) is 0 Å². The number of carbonyl (C=O) groups excluding carboxylic acids is 1. The van der Waals surface area contributed by atoms with Crippen LogP contribution in [0.4, 0.5) is 0 Å². The lowest BCUT2D eigenvalue weighted by Crippen LogP contribution is -2.14. The van der Waals surface area contributed by atoms with E-state index in [1.165, 1.54) is 0 Å². The van der Waals surface area contributed by atoms with Gasteiger partial charge in [-0.1, -0.05) is 32.4 Å². The molecule has 1 fully saturated rings. The molecule has 1 aromatic carbocycles. The van der Waals surface area contributed by atoms with Gasteiger partial charge in [0.25, 0.3) is 0 Å². The van der Waals surface area contributed by atoms with Gasteiger partial charge in [-0.25, -0.2) is 0 Å². The normalized spacial score (nSPS) is 18.5. The second kappa shape index (κ2) is 6.49. The Kier molecular flexibility index (Phi) is 5.06. The van der Waals surface area contributed by atoms with Crippen molar-refractivity contribution >= 4 is 17.5 Å². The van der Waals surface area contributed by atoms with E-state index in [1.807, 2.05) is 13.0 Å². The molecule has 3 nitrogen and oxygen atoms in total. The Bertz CT molecular complexity index is 575. The minimum absolute atomic E-state index is 0.0997. The van der Waals surface area contributed by atoms with Crippen molar-refractivity contribution in [2.75, 3.05) is 13.7 Å². The van der Waals surface area contributed by atoms with Crippen LogP contribution in [-0.2, 0) is 11.2 Å². The minimum atomic E-state index is 0.0997. The van der Waals surface area contributed by atoms with E-state index in [-0.39, 0.29) is 17.2 Å². The molecule has 0 bridgehead atoms. The van der Waals surface area contributed by atoms with Gasteiger partial charge in [0.15, 0.2) is 0 Å². The van der Waals surface area contributed by atoms with E-state index < -0.39 is 0 Å². The molecule has 1 aliphatic rings. The van der Waals surface area contributed by atoms with Gasteiger partial charge in [-0.15, -0.1) is 0 Å². The highest BCUT2D eigenvalue weighted by Gasteiger charge is 2.29. The van der Waals surface area contributed by atoms with Crippen LogP contribution in [0.3, 0.4) is 0 Å². The fourth-order valence-electron chi connectivity index (χ4n) is 3.04. The number of aryl methyl sites for hydroxylation is 1. The summed E-state index contributed by atoms with van der Waals surface area (Å²) in [6, 6.07) is 2.02. The van der Waals surface area contributed by atoms with E-state index >= 15 is 0 Å². The van der Waals surface area contributed by atoms with Crippen molar-refractivity contribution in [3.63, 3.8) is 0 Å². The Morgan fingerprint density at radius 1 is 1.41 bits per heavy atom. The van der Waals surface area contributed by atoms with Crippen LogP contribution in [0.15, 0.2) is 6.07 Å². The predicted octanol–water partition coefficient (Wildman–Crippen LogP) is 4.24. The second-order valence-electron chi connectivity index (χ2n) is 7.36. The lowest BCUT2D eigenvalue weighted by molar-refractivity contribution is -0.119. The maximum absolute atomic E-state index is 11.6. The Balaban J connectivity index is 2.42. The number of ether oxygens (including phenoxy) is 1. The van der Waals surface area contributed by atoms with Crippen LogP contribution in [0.1, 0.15) is 56.2 Å². The molecule has 1 saturated heterocycles. The maximum Gasteiger partial charge on any atom is 0.220 e. The Labute approximate surface area is 138 Å². The third-order valence-corrected chi connectivity index (χ3v) is 4.73. The monoisotopic (exact) mass is 323 g/mol. The molecule has 0 saturated carbocycles. The van der Waals surface area contributed by atoms with Crippen molar-refractivity contribution < 1.29 is 9.53 Å². The third-order valence-electron chi connectivity index (χ3n) is 4.33. The van der Waals surface area contributed by atoms with Crippen LogP contribution in [-0.4, -0.2) is 19.6 Å². The molecule has 1 atom stereocenters. The van der Waals surface area contributed by atoms with Crippen molar-refractivity contribution in [3.8, 4) is 5.75 Å². The fourth-order valence-corrected chi connectivity index (χ4v) is 3.27. The van der Waals surface area contributed by atoms with Crippen molar-refractivity contribution in [3.05, 3.63) is 27.8 Å². The average Bonchev–Trinajstić information content (AvgIpc) is 2.84. The predicted molar refractivity (Wildman–Crippen MR) is 90.9 cm³/mol. The van der Waals surface area contributed by atoms with Crippen molar-refractivity contribution in [2.45, 2.75) is 52.9 Å². The Morgan fingerprint density at radius 2 is 2.09 bits per heavy atom. The molecule has 1 heterocycles. The Hall–Kier alpha value is -1.22. The van der Waals surface area contributed by atoms with E-state index in [4.69, 9.17) is 16.3 Å². The lowest BCUT2D eigenvalue weighted by Gasteiger charge is -2.23. The number of hydrogen-bond donors (Lipinski definition) is 1. The van der Waals surface area contributed by atoms with E-state index in [0.717, 1.165) is 40.3 Å².